The molecule has 7 heteroatoms. The van der Waals surface area contributed by atoms with Gasteiger partial charge in [-0.1, -0.05) is 17.7 Å². The molecule has 116 valence electrons. The lowest BCUT2D eigenvalue weighted by atomic mass is 10.1. The first-order valence-corrected chi connectivity index (χ1v) is 7.51. The molecular formula is C15H15ClN2O4. The van der Waals surface area contributed by atoms with E-state index >= 15 is 0 Å². The van der Waals surface area contributed by atoms with Crippen molar-refractivity contribution in [1.29, 1.82) is 0 Å². The van der Waals surface area contributed by atoms with Gasteiger partial charge in [-0.15, -0.1) is 0 Å². The second-order valence-electron chi connectivity index (χ2n) is 5.20. The second kappa shape index (κ2) is 5.61. The summed E-state index contributed by atoms with van der Waals surface area (Å²) in [5.74, 6) is -0.779. The minimum absolute atomic E-state index is 0.244. The van der Waals surface area contributed by atoms with Crippen LogP contribution in [-0.2, 0) is 14.3 Å². The van der Waals surface area contributed by atoms with Crippen LogP contribution < -0.4 is 4.90 Å². The normalized spacial score (nSPS) is 23.9. The number of hydrogen-bond donors (Lipinski definition) is 0. The number of halogens is 1. The molecule has 0 N–H and O–H groups in total. The first kappa shape index (κ1) is 14.8. The Morgan fingerprint density at radius 2 is 2.14 bits per heavy atom. The van der Waals surface area contributed by atoms with Gasteiger partial charge < -0.3 is 4.74 Å². The smallest absolute Gasteiger partial charge is 0.332 e. The minimum atomic E-state index is -0.689. The van der Waals surface area contributed by atoms with E-state index in [0.29, 0.717) is 23.6 Å². The number of rotatable bonds is 3. The zero-order valence-electron chi connectivity index (χ0n) is 12.0. The molecule has 3 rings (SSSR count). The molecule has 6 nitrogen and oxygen atoms in total. The summed E-state index contributed by atoms with van der Waals surface area (Å²) in [4.78, 5) is 39.5. The highest BCUT2D eigenvalue weighted by Crippen LogP contribution is 2.36. The van der Waals surface area contributed by atoms with Crippen molar-refractivity contribution >= 4 is 35.2 Å². The number of esters is 1. The number of ether oxygens (including phenoxy) is 1. The van der Waals surface area contributed by atoms with Crippen molar-refractivity contribution in [3.63, 3.8) is 0 Å². The molecule has 0 aromatic heterocycles. The molecule has 3 amide bonds. The lowest BCUT2D eigenvalue weighted by Gasteiger charge is -2.21. The Morgan fingerprint density at radius 1 is 1.36 bits per heavy atom. The number of hydrogen-bond acceptors (Lipinski definition) is 4. The van der Waals surface area contributed by atoms with Gasteiger partial charge in [0, 0.05) is 5.02 Å². The fourth-order valence-electron chi connectivity index (χ4n) is 3.00. The van der Waals surface area contributed by atoms with Crippen LogP contribution in [0.3, 0.4) is 0 Å². The average molecular weight is 323 g/mol. The molecule has 2 aliphatic heterocycles. The third kappa shape index (κ3) is 2.23. The summed E-state index contributed by atoms with van der Waals surface area (Å²) in [6.07, 6.45) is 0.912. The lowest BCUT2D eigenvalue weighted by Crippen LogP contribution is -2.43. The summed E-state index contributed by atoms with van der Waals surface area (Å²) in [5.41, 5.74) is 0.416. The monoisotopic (exact) mass is 322 g/mol. The van der Waals surface area contributed by atoms with Crippen LogP contribution in [-0.4, -0.2) is 41.5 Å². The number of carbonyl (C=O) groups is 3. The van der Waals surface area contributed by atoms with E-state index in [2.05, 4.69) is 0 Å². The van der Waals surface area contributed by atoms with Crippen LogP contribution in [0.5, 0.6) is 0 Å². The van der Waals surface area contributed by atoms with Crippen molar-refractivity contribution in [1.82, 2.24) is 4.90 Å². The van der Waals surface area contributed by atoms with Gasteiger partial charge in [-0.05, 0) is 38.0 Å². The zero-order chi connectivity index (χ0) is 15.9. The standard InChI is InChI=1S/C15H15ClN2O4/c1-2-22-14(20)12-7-6-11-13(19)17(15(21)18(11)12)10-5-3-4-9(16)8-10/h3-5,8,11-12H,2,6-7H2,1H3/t11-,12-/m0/s1. The summed E-state index contributed by atoms with van der Waals surface area (Å²) in [6, 6.07) is 4.75. The van der Waals surface area contributed by atoms with Crippen molar-refractivity contribution in [2.45, 2.75) is 31.8 Å². The van der Waals surface area contributed by atoms with Gasteiger partial charge in [-0.25, -0.2) is 14.5 Å². The van der Waals surface area contributed by atoms with E-state index < -0.39 is 24.1 Å². The molecule has 1 aromatic carbocycles. The topological polar surface area (TPSA) is 66.9 Å². The van der Waals surface area contributed by atoms with E-state index in [4.69, 9.17) is 16.3 Å². The summed E-state index contributed by atoms with van der Waals surface area (Å²) in [5, 5.41) is 0.437. The van der Waals surface area contributed by atoms with E-state index in [9.17, 15) is 14.4 Å². The van der Waals surface area contributed by atoms with Gasteiger partial charge in [0.15, 0.2) is 0 Å². The van der Waals surface area contributed by atoms with E-state index in [0.717, 1.165) is 4.90 Å². The molecule has 2 saturated heterocycles. The highest BCUT2D eigenvalue weighted by molar-refractivity contribution is 6.31. The van der Waals surface area contributed by atoms with Gasteiger partial charge in [0.05, 0.1) is 12.3 Å². The zero-order valence-corrected chi connectivity index (χ0v) is 12.7. The van der Waals surface area contributed by atoms with E-state index in [1.807, 2.05) is 0 Å². The number of fused-ring (bicyclic) bond motifs is 1. The molecule has 2 aliphatic rings. The Hall–Kier alpha value is -2.08. The summed E-state index contributed by atoms with van der Waals surface area (Å²) in [7, 11) is 0. The Balaban J connectivity index is 1.90. The van der Waals surface area contributed by atoms with Crippen LogP contribution in [0, 0.1) is 0 Å². The van der Waals surface area contributed by atoms with Gasteiger partial charge in [0.25, 0.3) is 5.91 Å². The Kier molecular flexibility index (Phi) is 3.78. The Labute approximate surface area is 132 Å². The van der Waals surface area contributed by atoms with E-state index in [-0.39, 0.29) is 12.5 Å². The molecule has 2 atom stereocenters. The van der Waals surface area contributed by atoms with Gasteiger partial charge in [0.1, 0.15) is 12.1 Å². The molecule has 0 radical (unpaired) electrons. The van der Waals surface area contributed by atoms with Gasteiger partial charge in [0.2, 0.25) is 0 Å². The van der Waals surface area contributed by atoms with E-state index in [1.54, 1.807) is 31.2 Å². The van der Waals surface area contributed by atoms with Crippen molar-refractivity contribution in [2.75, 3.05) is 11.5 Å². The molecule has 22 heavy (non-hydrogen) atoms. The van der Waals surface area contributed by atoms with Crippen LogP contribution in [0.25, 0.3) is 0 Å². The molecule has 0 saturated carbocycles. The predicted molar refractivity (Wildman–Crippen MR) is 79.6 cm³/mol. The predicted octanol–water partition coefficient (Wildman–Crippen LogP) is 2.20. The third-order valence-electron chi connectivity index (χ3n) is 3.93. The number of amides is 3. The molecule has 2 heterocycles. The molecule has 0 unspecified atom stereocenters. The maximum Gasteiger partial charge on any atom is 0.332 e. The lowest BCUT2D eigenvalue weighted by molar-refractivity contribution is -0.147. The number of imide groups is 1. The first-order chi connectivity index (χ1) is 10.5. The third-order valence-corrected chi connectivity index (χ3v) is 4.16. The Morgan fingerprint density at radius 3 is 2.82 bits per heavy atom. The SMILES string of the molecule is CCOC(=O)[C@@H]1CC[C@H]2C(=O)N(c3cccc(Cl)c3)C(=O)N12. The van der Waals surface area contributed by atoms with E-state index in [1.165, 1.54) is 4.90 Å². The minimum Gasteiger partial charge on any atom is -0.464 e. The van der Waals surface area contributed by atoms with Crippen LogP contribution >= 0.6 is 11.6 Å². The average Bonchev–Trinajstić information content (AvgIpc) is 3.01. The highest BCUT2D eigenvalue weighted by atomic mass is 35.5. The number of urea groups is 1. The van der Waals surface area contributed by atoms with Crippen LogP contribution in [0.2, 0.25) is 5.02 Å². The van der Waals surface area contributed by atoms with Crippen LogP contribution in [0.15, 0.2) is 24.3 Å². The maximum atomic E-state index is 12.6. The number of carbonyl (C=O) groups excluding carboxylic acids is 3. The summed E-state index contributed by atoms with van der Waals surface area (Å²) >= 11 is 5.92. The largest absolute Gasteiger partial charge is 0.464 e. The van der Waals surface area contributed by atoms with Crippen molar-refractivity contribution < 1.29 is 19.1 Å². The summed E-state index contributed by atoms with van der Waals surface area (Å²) < 4.78 is 4.99. The fraction of sp³-hybridized carbons (Fsp3) is 0.400. The maximum absolute atomic E-state index is 12.6. The number of nitrogens with zero attached hydrogens (tertiary/aromatic N) is 2. The Bertz CT molecular complexity index is 648. The molecule has 2 fully saturated rings. The highest BCUT2D eigenvalue weighted by Gasteiger charge is 2.54. The van der Waals surface area contributed by atoms with Crippen molar-refractivity contribution in [2.24, 2.45) is 0 Å². The number of benzene rings is 1. The summed E-state index contributed by atoms with van der Waals surface area (Å²) in [6.45, 7) is 1.95. The van der Waals surface area contributed by atoms with Crippen molar-refractivity contribution in [3.8, 4) is 0 Å². The van der Waals surface area contributed by atoms with Gasteiger partial charge in [-0.3, -0.25) is 9.69 Å². The van der Waals surface area contributed by atoms with Crippen LogP contribution in [0.1, 0.15) is 19.8 Å². The van der Waals surface area contributed by atoms with Crippen molar-refractivity contribution in [3.05, 3.63) is 29.3 Å². The quantitative estimate of drug-likeness (QED) is 0.632. The molecule has 0 aliphatic carbocycles. The van der Waals surface area contributed by atoms with Gasteiger partial charge in [-0.2, -0.15) is 0 Å². The number of anilines is 1. The molecular weight excluding hydrogens is 308 g/mol. The molecule has 0 bridgehead atoms. The molecule has 0 spiro atoms. The fourth-order valence-corrected chi connectivity index (χ4v) is 3.19. The molecule has 1 aromatic rings. The second-order valence-corrected chi connectivity index (χ2v) is 5.64. The first-order valence-electron chi connectivity index (χ1n) is 7.13. The van der Waals surface area contributed by atoms with Gasteiger partial charge >= 0.3 is 12.0 Å². The van der Waals surface area contributed by atoms with Crippen LogP contribution in [0.4, 0.5) is 10.5 Å².